The highest BCUT2D eigenvalue weighted by molar-refractivity contribution is 14.0. The van der Waals surface area contributed by atoms with Crippen LogP contribution in [-0.4, -0.2) is 37.3 Å². The minimum atomic E-state index is -2.86. The molecule has 1 aromatic carbocycles. The summed E-state index contributed by atoms with van der Waals surface area (Å²) in [7, 11) is 0. The molecule has 0 amide bonds. The van der Waals surface area contributed by atoms with Crippen molar-refractivity contribution in [2.24, 2.45) is 10.9 Å². The standard InChI is InChI=1S/C20H27F2N3O2S.HI/c1-3-23-20(24-12-14(2)11-17-5-4-10-28-17)25-13-18(26)15-6-8-16(9-7-15)27-19(21)22;/h4-10,14,18-19,26H,3,11-13H2,1-2H3,(H2,23,24,25);1H. The summed E-state index contributed by atoms with van der Waals surface area (Å²) in [5.41, 5.74) is 0.607. The molecular formula is C20H28F2IN3O2S. The van der Waals surface area contributed by atoms with Gasteiger partial charge in [-0.15, -0.1) is 35.3 Å². The number of aliphatic imine (C=N–C) groups is 1. The van der Waals surface area contributed by atoms with Crippen LogP contribution < -0.4 is 15.4 Å². The van der Waals surface area contributed by atoms with Gasteiger partial charge in [0.05, 0.1) is 6.10 Å². The molecule has 29 heavy (non-hydrogen) atoms. The van der Waals surface area contributed by atoms with Crippen LogP contribution in [0.5, 0.6) is 5.75 Å². The average molecular weight is 539 g/mol. The molecule has 2 unspecified atom stereocenters. The third-order valence-electron chi connectivity index (χ3n) is 3.99. The Bertz CT molecular complexity index is 715. The molecule has 0 saturated heterocycles. The van der Waals surface area contributed by atoms with Crippen molar-refractivity contribution in [1.29, 1.82) is 0 Å². The van der Waals surface area contributed by atoms with Crippen LogP contribution in [0.15, 0.2) is 46.8 Å². The van der Waals surface area contributed by atoms with E-state index in [4.69, 9.17) is 0 Å². The average Bonchev–Trinajstić information content (AvgIpc) is 3.17. The number of aliphatic hydroxyl groups is 1. The maximum absolute atomic E-state index is 12.2. The van der Waals surface area contributed by atoms with Gasteiger partial charge in [-0.25, -0.2) is 0 Å². The quantitative estimate of drug-likeness (QED) is 0.238. The number of hydrogen-bond donors (Lipinski definition) is 3. The number of ether oxygens (including phenoxy) is 1. The fourth-order valence-corrected chi connectivity index (χ4v) is 3.48. The van der Waals surface area contributed by atoms with Gasteiger partial charge in [-0.05, 0) is 48.4 Å². The molecule has 0 aliphatic heterocycles. The normalized spacial score (nSPS) is 13.5. The van der Waals surface area contributed by atoms with Crippen molar-refractivity contribution in [1.82, 2.24) is 10.6 Å². The number of rotatable bonds is 10. The van der Waals surface area contributed by atoms with E-state index in [1.54, 1.807) is 23.5 Å². The third-order valence-corrected chi connectivity index (χ3v) is 4.89. The van der Waals surface area contributed by atoms with Crippen LogP contribution in [-0.2, 0) is 6.42 Å². The van der Waals surface area contributed by atoms with Gasteiger partial charge in [-0.2, -0.15) is 8.78 Å². The molecule has 0 fully saturated rings. The summed E-state index contributed by atoms with van der Waals surface area (Å²) in [6.07, 6.45) is 0.184. The molecule has 2 aromatic rings. The predicted molar refractivity (Wildman–Crippen MR) is 125 cm³/mol. The lowest BCUT2D eigenvalue weighted by Crippen LogP contribution is -2.39. The molecule has 0 saturated carbocycles. The van der Waals surface area contributed by atoms with Gasteiger partial charge in [-0.3, -0.25) is 4.99 Å². The number of alkyl halides is 2. The zero-order chi connectivity index (χ0) is 20.4. The number of nitrogens with zero attached hydrogens (tertiary/aromatic N) is 1. The highest BCUT2D eigenvalue weighted by Gasteiger charge is 2.11. The number of nitrogens with one attached hydrogen (secondary N) is 2. The second-order valence-corrected chi connectivity index (χ2v) is 7.48. The molecule has 5 nitrogen and oxygen atoms in total. The van der Waals surface area contributed by atoms with E-state index in [0.717, 1.165) is 6.42 Å². The van der Waals surface area contributed by atoms with Crippen molar-refractivity contribution >= 4 is 41.3 Å². The van der Waals surface area contributed by atoms with Crippen molar-refractivity contribution in [3.8, 4) is 5.75 Å². The van der Waals surface area contributed by atoms with E-state index in [2.05, 4.69) is 44.8 Å². The van der Waals surface area contributed by atoms with E-state index in [1.165, 1.54) is 17.0 Å². The van der Waals surface area contributed by atoms with E-state index in [-0.39, 0.29) is 36.3 Å². The van der Waals surface area contributed by atoms with Crippen LogP contribution in [0.3, 0.4) is 0 Å². The Labute approximate surface area is 191 Å². The summed E-state index contributed by atoms with van der Waals surface area (Å²) in [4.78, 5) is 5.93. The maximum atomic E-state index is 12.2. The number of guanidine groups is 1. The molecule has 0 radical (unpaired) electrons. The Morgan fingerprint density at radius 3 is 2.52 bits per heavy atom. The minimum Gasteiger partial charge on any atom is -0.435 e. The second-order valence-electron chi connectivity index (χ2n) is 6.45. The fourth-order valence-electron chi connectivity index (χ4n) is 2.61. The molecular weight excluding hydrogens is 511 g/mol. The summed E-state index contributed by atoms with van der Waals surface area (Å²) in [6.45, 7) is 2.90. The van der Waals surface area contributed by atoms with E-state index >= 15 is 0 Å². The summed E-state index contributed by atoms with van der Waals surface area (Å²) < 4.78 is 28.7. The van der Waals surface area contributed by atoms with Crippen LogP contribution >= 0.6 is 35.3 Å². The SMILES string of the molecule is CCNC(=NCC(C)Cc1cccs1)NCC(O)c1ccc(OC(F)F)cc1.I. The van der Waals surface area contributed by atoms with E-state index in [9.17, 15) is 13.9 Å². The van der Waals surface area contributed by atoms with Crippen molar-refractivity contribution in [2.45, 2.75) is 33.0 Å². The van der Waals surface area contributed by atoms with Gasteiger partial charge in [0.1, 0.15) is 5.75 Å². The molecule has 162 valence electrons. The highest BCUT2D eigenvalue weighted by Crippen LogP contribution is 2.19. The van der Waals surface area contributed by atoms with E-state index < -0.39 is 12.7 Å². The number of hydrogen-bond acceptors (Lipinski definition) is 4. The van der Waals surface area contributed by atoms with Crippen molar-refractivity contribution in [3.63, 3.8) is 0 Å². The van der Waals surface area contributed by atoms with E-state index in [1.807, 2.05) is 6.92 Å². The summed E-state index contributed by atoms with van der Waals surface area (Å²) in [6, 6.07) is 10.1. The van der Waals surface area contributed by atoms with Gasteiger partial charge < -0.3 is 20.5 Å². The molecule has 0 aliphatic rings. The van der Waals surface area contributed by atoms with Crippen LogP contribution in [0.1, 0.15) is 30.4 Å². The molecule has 3 N–H and O–H groups in total. The first-order valence-corrected chi connectivity index (χ1v) is 10.1. The third kappa shape index (κ3) is 9.72. The topological polar surface area (TPSA) is 65.9 Å². The summed E-state index contributed by atoms with van der Waals surface area (Å²) >= 11 is 1.75. The highest BCUT2D eigenvalue weighted by atomic mass is 127. The predicted octanol–water partition coefficient (Wildman–Crippen LogP) is 4.43. The van der Waals surface area contributed by atoms with Gasteiger partial charge in [0.2, 0.25) is 0 Å². The van der Waals surface area contributed by atoms with Crippen molar-refractivity contribution in [3.05, 3.63) is 52.2 Å². The van der Waals surface area contributed by atoms with Crippen molar-refractivity contribution < 1.29 is 18.6 Å². The smallest absolute Gasteiger partial charge is 0.387 e. The summed E-state index contributed by atoms with van der Waals surface area (Å²) in [5.74, 6) is 1.10. The van der Waals surface area contributed by atoms with E-state index in [0.29, 0.717) is 30.5 Å². The Morgan fingerprint density at radius 2 is 1.93 bits per heavy atom. The Hall–Kier alpha value is -1.46. The van der Waals surface area contributed by atoms with Crippen LogP contribution in [0.4, 0.5) is 8.78 Å². The van der Waals surface area contributed by atoms with Crippen LogP contribution in [0.25, 0.3) is 0 Å². The molecule has 0 spiro atoms. The first kappa shape index (κ1) is 25.6. The fraction of sp³-hybridized carbons (Fsp3) is 0.450. The molecule has 0 bridgehead atoms. The Kier molecular flexibility index (Phi) is 12.1. The van der Waals surface area contributed by atoms with Gasteiger partial charge in [0.25, 0.3) is 0 Å². The number of benzene rings is 1. The second kappa shape index (κ2) is 13.7. The number of aliphatic hydroxyl groups excluding tert-OH is 1. The Morgan fingerprint density at radius 1 is 1.21 bits per heavy atom. The van der Waals surface area contributed by atoms with Crippen LogP contribution in [0.2, 0.25) is 0 Å². The zero-order valence-corrected chi connectivity index (χ0v) is 19.6. The minimum absolute atomic E-state index is 0. The van der Waals surface area contributed by atoms with Crippen molar-refractivity contribution in [2.75, 3.05) is 19.6 Å². The number of halogens is 3. The molecule has 9 heteroatoms. The van der Waals surface area contributed by atoms with Crippen LogP contribution in [0, 0.1) is 5.92 Å². The lowest BCUT2D eigenvalue weighted by molar-refractivity contribution is -0.0498. The first-order chi connectivity index (χ1) is 13.5. The molecule has 2 rings (SSSR count). The largest absolute Gasteiger partial charge is 0.435 e. The molecule has 1 aromatic heterocycles. The lowest BCUT2D eigenvalue weighted by atomic mass is 10.1. The van der Waals surface area contributed by atoms with Gasteiger partial charge in [0.15, 0.2) is 5.96 Å². The zero-order valence-electron chi connectivity index (χ0n) is 16.5. The molecule has 0 aliphatic carbocycles. The number of thiophene rings is 1. The monoisotopic (exact) mass is 539 g/mol. The lowest BCUT2D eigenvalue weighted by Gasteiger charge is -2.17. The molecule has 1 heterocycles. The maximum Gasteiger partial charge on any atom is 0.387 e. The molecule has 2 atom stereocenters. The first-order valence-electron chi connectivity index (χ1n) is 9.25. The van der Waals surface area contributed by atoms with Gasteiger partial charge in [-0.1, -0.05) is 25.1 Å². The van der Waals surface area contributed by atoms with Gasteiger partial charge >= 0.3 is 6.61 Å². The summed E-state index contributed by atoms with van der Waals surface area (Å²) in [5, 5.41) is 18.7. The van der Waals surface area contributed by atoms with Gasteiger partial charge in [0, 0.05) is 24.5 Å². The Balaban J connectivity index is 0.00000420.